The van der Waals surface area contributed by atoms with Crippen molar-refractivity contribution >= 4 is 35.0 Å². The number of aliphatic carboxylic acids is 1. The predicted octanol–water partition coefficient (Wildman–Crippen LogP) is 10.8. The Morgan fingerprint density at radius 3 is 1.88 bits per heavy atom. The van der Waals surface area contributed by atoms with Crippen LogP contribution < -0.4 is 16.0 Å². The van der Waals surface area contributed by atoms with Crippen LogP contribution in [0.5, 0.6) is 0 Å². The third-order valence-corrected chi connectivity index (χ3v) is 11.9. The molecule has 4 aliphatic rings. The number of fused-ring (bicyclic) bond motifs is 4. The van der Waals surface area contributed by atoms with Crippen molar-refractivity contribution in [1.82, 2.24) is 20.9 Å². The van der Waals surface area contributed by atoms with Gasteiger partial charge in [-0.05, 0) is 178 Å². The van der Waals surface area contributed by atoms with Crippen molar-refractivity contribution in [2.75, 3.05) is 26.2 Å². The molecule has 2 aliphatic heterocycles. The molecule has 0 aromatic heterocycles. The van der Waals surface area contributed by atoms with Crippen LogP contribution in [0.2, 0.25) is 0 Å². The van der Waals surface area contributed by atoms with Gasteiger partial charge >= 0.3 is 12.1 Å². The van der Waals surface area contributed by atoms with Gasteiger partial charge in [0.25, 0.3) is 0 Å². The van der Waals surface area contributed by atoms with Crippen LogP contribution in [0.3, 0.4) is 0 Å². The summed E-state index contributed by atoms with van der Waals surface area (Å²) in [5, 5.41) is 17.5. The monoisotopic (exact) mass is 905 g/mol. The number of hydrogen-bond donors (Lipinski definition) is 4. The van der Waals surface area contributed by atoms with Gasteiger partial charge in [-0.25, -0.2) is 13.6 Å². The molecule has 2 atom stereocenters. The normalized spacial score (nSPS) is 17.6. The van der Waals surface area contributed by atoms with Crippen LogP contribution >= 0.6 is 0 Å². The Kier molecular flexibility index (Phi) is 19.8. The first-order valence-electron chi connectivity index (χ1n) is 24.0. The molecular formula is C53H78F2N4O6. The first kappa shape index (κ1) is 53.0. The fourth-order valence-electron chi connectivity index (χ4n) is 9.19. The summed E-state index contributed by atoms with van der Waals surface area (Å²) in [5.74, 6) is 0.267. The molecule has 360 valence electrons. The Morgan fingerprint density at radius 1 is 0.769 bits per heavy atom. The smallest absolute Gasteiger partial charge is 0.407 e. The lowest BCUT2D eigenvalue weighted by atomic mass is 9.87. The topological polar surface area (TPSA) is 137 Å². The molecule has 0 fully saturated rings. The molecule has 0 spiro atoms. The van der Waals surface area contributed by atoms with E-state index in [1.165, 1.54) is 51.5 Å². The van der Waals surface area contributed by atoms with Crippen LogP contribution in [-0.2, 0) is 32.0 Å². The summed E-state index contributed by atoms with van der Waals surface area (Å²) in [6.07, 6.45) is 9.25. The number of rotatable bonds is 15. The largest absolute Gasteiger partial charge is 0.481 e. The second-order valence-corrected chi connectivity index (χ2v) is 21.2. The van der Waals surface area contributed by atoms with Crippen molar-refractivity contribution in [3.63, 3.8) is 0 Å². The molecule has 2 aromatic carbocycles. The van der Waals surface area contributed by atoms with E-state index >= 15 is 0 Å². The van der Waals surface area contributed by atoms with Crippen LogP contribution in [0.15, 0.2) is 47.5 Å². The van der Waals surface area contributed by atoms with Crippen LogP contribution in [0.4, 0.5) is 13.6 Å². The number of unbranched alkanes of at least 4 members (excludes halogenated alkanes) is 2. The minimum Gasteiger partial charge on any atom is -0.481 e. The minimum atomic E-state index is -0.781. The summed E-state index contributed by atoms with van der Waals surface area (Å²) in [6, 6.07) is 10.9. The summed E-state index contributed by atoms with van der Waals surface area (Å²) in [6.45, 7) is 23.2. The lowest BCUT2D eigenvalue weighted by Crippen LogP contribution is -2.45. The van der Waals surface area contributed by atoms with Crippen LogP contribution in [-0.4, -0.2) is 77.7 Å². The number of hydrogen-bond acceptors (Lipinski definition) is 6. The third kappa shape index (κ3) is 17.3. The molecule has 0 bridgehead atoms. The number of carboxylic acid groups (broad SMARTS) is 1. The SMILES string of the molecule is CC(C)(C)CC(=O)NCCCCC(=O)O.CC(C)CC1C2=C(CCN1C(=O)CCCCNC(=O)OC(C)(C)C)c1cc(F)ccc1C2.CC(C)CC1NCCC2=C1Cc1ccc(F)cc12. The Balaban J connectivity index is 0.000000236. The zero-order valence-electron chi connectivity index (χ0n) is 41.0. The zero-order chi connectivity index (χ0) is 48.1. The van der Waals surface area contributed by atoms with Crippen molar-refractivity contribution < 1.29 is 37.8 Å². The van der Waals surface area contributed by atoms with Crippen LogP contribution in [0, 0.1) is 28.9 Å². The highest BCUT2D eigenvalue weighted by molar-refractivity contribution is 5.83. The van der Waals surface area contributed by atoms with Gasteiger partial charge in [-0.2, -0.15) is 0 Å². The standard InChI is InChI=1S/C26H37FN2O3.C16H20FN.C11H21NO3/c1-17(2)14-23-22-15-18-9-10-19(27)16-21(18)20(22)11-13-29(23)24(30)8-6-7-12-28-25(31)32-26(3,4)5;1-10(2)7-16-15-8-11-3-4-12(17)9-14(11)13(15)5-6-18-16;1-11(2,3)8-9(13)12-7-5-4-6-10(14)15/h9-10,16-17,23H,6-8,11-15H2,1-5H3,(H,28,31);3-4,9-10,16,18H,5-8H2,1-2H3;4-8H2,1-3H3,(H,12,13)(H,14,15). The number of amides is 3. The molecule has 4 N–H and O–H groups in total. The molecule has 6 rings (SSSR count). The molecule has 2 heterocycles. The number of carbonyl (C=O) groups excluding carboxylic acids is 3. The summed E-state index contributed by atoms with van der Waals surface area (Å²) in [4.78, 5) is 48.4. The molecule has 3 amide bonds. The predicted molar refractivity (Wildman–Crippen MR) is 256 cm³/mol. The van der Waals surface area contributed by atoms with Gasteiger partial charge < -0.3 is 30.7 Å². The Morgan fingerprint density at radius 2 is 1.32 bits per heavy atom. The highest BCUT2D eigenvalue weighted by atomic mass is 19.1. The molecule has 2 unspecified atom stereocenters. The van der Waals surface area contributed by atoms with Crippen LogP contribution in [0.25, 0.3) is 11.1 Å². The van der Waals surface area contributed by atoms with Gasteiger partial charge in [0.2, 0.25) is 11.8 Å². The molecule has 12 heteroatoms. The molecule has 65 heavy (non-hydrogen) atoms. The maximum absolute atomic E-state index is 13.8. The van der Waals surface area contributed by atoms with Crippen LogP contribution in [0.1, 0.15) is 162 Å². The summed E-state index contributed by atoms with van der Waals surface area (Å²) < 4.78 is 32.5. The molecule has 0 radical (unpaired) electrons. The number of halogens is 2. The van der Waals surface area contributed by atoms with E-state index in [2.05, 4.69) is 43.6 Å². The molecule has 2 aliphatic carbocycles. The van der Waals surface area contributed by atoms with E-state index in [1.54, 1.807) is 18.2 Å². The summed E-state index contributed by atoms with van der Waals surface area (Å²) in [7, 11) is 0. The molecule has 0 saturated carbocycles. The summed E-state index contributed by atoms with van der Waals surface area (Å²) >= 11 is 0. The number of carbonyl (C=O) groups is 4. The quantitative estimate of drug-likeness (QED) is 0.131. The van der Waals surface area contributed by atoms with Crippen molar-refractivity contribution in [2.24, 2.45) is 17.3 Å². The first-order valence-corrected chi connectivity index (χ1v) is 24.0. The fourth-order valence-corrected chi connectivity index (χ4v) is 9.19. The number of alkyl carbamates (subject to hydrolysis) is 1. The van der Waals surface area contributed by atoms with Crippen molar-refractivity contribution in [3.8, 4) is 0 Å². The lowest BCUT2D eigenvalue weighted by molar-refractivity contribution is -0.137. The number of nitrogens with one attached hydrogen (secondary N) is 3. The maximum atomic E-state index is 13.8. The number of ether oxygens (including phenoxy) is 1. The minimum absolute atomic E-state index is 0.00511. The van der Waals surface area contributed by atoms with E-state index < -0.39 is 17.7 Å². The van der Waals surface area contributed by atoms with E-state index in [9.17, 15) is 28.0 Å². The second-order valence-electron chi connectivity index (χ2n) is 21.2. The van der Waals surface area contributed by atoms with E-state index in [1.807, 2.05) is 58.6 Å². The number of nitrogens with zero attached hydrogens (tertiary/aromatic N) is 1. The Bertz CT molecular complexity index is 2030. The van der Waals surface area contributed by atoms with Gasteiger partial charge in [-0.3, -0.25) is 14.4 Å². The van der Waals surface area contributed by atoms with E-state index in [0.29, 0.717) is 56.8 Å². The van der Waals surface area contributed by atoms with Gasteiger partial charge in [0.15, 0.2) is 0 Å². The lowest BCUT2D eigenvalue weighted by Gasteiger charge is -2.38. The maximum Gasteiger partial charge on any atom is 0.407 e. The molecular weight excluding hydrogens is 827 g/mol. The Labute approximate surface area is 387 Å². The summed E-state index contributed by atoms with van der Waals surface area (Å²) in [5.41, 5.74) is 9.64. The van der Waals surface area contributed by atoms with E-state index in [-0.39, 0.29) is 41.3 Å². The fraction of sp³-hybridized carbons (Fsp3) is 0.623. The first-order chi connectivity index (χ1) is 30.5. The highest BCUT2D eigenvalue weighted by Gasteiger charge is 2.37. The Hall–Kier alpha value is -4.58. The number of carboxylic acids is 1. The number of benzene rings is 2. The van der Waals surface area contributed by atoms with Crippen molar-refractivity contribution in [2.45, 2.75) is 170 Å². The van der Waals surface area contributed by atoms with Gasteiger partial charge in [-0.1, -0.05) is 60.6 Å². The second kappa shape index (κ2) is 24.3. The van der Waals surface area contributed by atoms with E-state index in [4.69, 9.17) is 9.84 Å². The molecule has 0 saturated heterocycles. The highest BCUT2D eigenvalue weighted by Crippen LogP contribution is 2.43. The average Bonchev–Trinajstić information content (AvgIpc) is 3.75. The van der Waals surface area contributed by atoms with Gasteiger partial charge in [0.05, 0.1) is 6.04 Å². The third-order valence-electron chi connectivity index (χ3n) is 11.9. The average molecular weight is 905 g/mol. The van der Waals surface area contributed by atoms with Crippen molar-refractivity contribution in [1.29, 1.82) is 0 Å². The molecule has 2 aromatic rings. The van der Waals surface area contributed by atoms with Gasteiger partial charge in [0.1, 0.15) is 17.2 Å². The van der Waals surface area contributed by atoms with Gasteiger partial charge in [-0.15, -0.1) is 0 Å². The molecule has 10 nitrogen and oxygen atoms in total. The van der Waals surface area contributed by atoms with Crippen molar-refractivity contribution in [3.05, 3.63) is 81.4 Å². The van der Waals surface area contributed by atoms with Gasteiger partial charge in [0, 0.05) is 44.9 Å². The van der Waals surface area contributed by atoms with E-state index in [0.717, 1.165) is 63.5 Å². The zero-order valence-corrected chi connectivity index (χ0v) is 41.0.